The first-order valence-electron chi connectivity index (χ1n) is 5.85. The summed E-state index contributed by atoms with van der Waals surface area (Å²) in [6, 6.07) is 2.77. The lowest BCUT2D eigenvalue weighted by atomic mass is 10.1. The minimum Gasteiger partial charge on any atom is -0.330 e. The Hall–Kier alpha value is -0.610. The molecule has 1 nitrogen and oxygen atoms in total. The molecule has 0 radical (unpaired) electrons. The van der Waals surface area contributed by atoms with E-state index >= 15 is 0 Å². The lowest BCUT2D eigenvalue weighted by molar-refractivity contribution is 0.536. The van der Waals surface area contributed by atoms with Gasteiger partial charge in [0, 0.05) is 0 Å². The minimum absolute atomic E-state index is 0.131. The first kappa shape index (κ1) is 14.5. The second-order valence-corrected chi connectivity index (χ2v) is 5.56. The Morgan fingerprint density at radius 1 is 1.24 bits per heavy atom. The summed E-state index contributed by atoms with van der Waals surface area (Å²) in [7, 11) is 0. The van der Waals surface area contributed by atoms with Crippen LogP contribution in [0.1, 0.15) is 25.8 Å². The highest BCUT2D eigenvalue weighted by molar-refractivity contribution is 7.99. The van der Waals surface area contributed by atoms with E-state index in [0.717, 1.165) is 12.2 Å². The van der Waals surface area contributed by atoms with Crippen LogP contribution in [0.15, 0.2) is 17.0 Å². The van der Waals surface area contributed by atoms with Crippen molar-refractivity contribution in [1.82, 2.24) is 0 Å². The summed E-state index contributed by atoms with van der Waals surface area (Å²) in [6.45, 7) is 4.59. The van der Waals surface area contributed by atoms with Gasteiger partial charge in [-0.05, 0) is 48.8 Å². The SMILES string of the molecule is CC(C)CCSc1c(F)cc(CCN)cc1F. The Morgan fingerprint density at radius 2 is 1.82 bits per heavy atom. The van der Waals surface area contributed by atoms with Crippen LogP contribution in [-0.4, -0.2) is 12.3 Å². The summed E-state index contributed by atoms with van der Waals surface area (Å²) in [5.74, 6) is 0.344. The Morgan fingerprint density at radius 3 is 2.29 bits per heavy atom. The fourth-order valence-electron chi connectivity index (χ4n) is 1.46. The van der Waals surface area contributed by atoms with E-state index in [2.05, 4.69) is 13.8 Å². The minimum atomic E-state index is -0.470. The molecule has 0 heterocycles. The van der Waals surface area contributed by atoms with Crippen LogP contribution in [0.4, 0.5) is 8.78 Å². The molecule has 0 fully saturated rings. The molecule has 2 N–H and O–H groups in total. The van der Waals surface area contributed by atoms with E-state index in [9.17, 15) is 8.78 Å². The maximum absolute atomic E-state index is 13.7. The molecule has 0 aromatic heterocycles. The van der Waals surface area contributed by atoms with Crippen molar-refractivity contribution in [3.8, 4) is 0 Å². The average molecular weight is 259 g/mol. The topological polar surface area (TPSA) is 26.0 Å². The van der Waals surface area contributed by atoms with Gasteiger partial charge in [0.1, 0.15) is 11.6 Å². The normalized spacial score (nSPS) is 11.2. The van der Waals surface area contributed by atoms with Crippen LogP contribution in [0, 0.1) is 17.6 Å². The molecule has 0 spiro atoms. The second-order valence-electron chi connectivity index (χ2n) is 4.46. The van der Waals surface area contributed by atoms with E-state index < -0.39 is 11.6 Å². The Balaban J connectivity index is 2.72. The molecular weight excluding hydrogens is 240 g/mol. The highest BCUT2D eigenvalue weighted by Gasteiger charge is 2.11. The molecule has 0 saturated carbocycles. The third kappa shape index (κ3) is 4.64. The number of benzene rings is 1. The van der Waals surface area contributed by atoms with Gasteiger partial charge in [0.25, 0.3) is 0 Å². The molecular formula is C13H19F2NS. The molecule has 0 amide bonds. The van der Waals surface area contributed by atoms with Gasteiger partial charge in [0.15, 0.2) is 0 Å². The maximum atomic E-state index is 13.7. The van der Waals surface area contributed by atoms with Crippen LogP contribution in [-0.2, 0) is 6.42 Å². The monoisotopic (exact) mass is 259 g/mol. The molecule has 1 rings (SSSR count). The quantitative estimate of drug-likeness (QED) is 0.790. The van der Waals surface area contributed by atoms with Crippen molar-refractivity contribution in [1.29, 1.82) is 0 Å². The van der Waals surface area contributed by atoms with Gasteiger partial charge in [-0.15, -0.1) is 11.8 Å². The predicted molar refractivity (Wildman–Crippen MR) is 69.3 cm³/mol. The van der Waals surface area contributed by atoms with Crippen molar-refractivity contribution < 1.29 is 8.78 Å². The Labute approximate surface area is 106 Å². The Kier molecular flexibility index (Phi) is 5.92. The van der Waals surface area contributed by atoms with Crippen LogP contribution in [0.2, 0.25) is 0 Å². The molecule has 1 aromatic rings. The highest BCUT2D eigenvalue weighted by atomic mass is 32.2. The number of rotatable bonds is 6. The van der Waals surface area contributed by atoms with Gasteiger partial charge in [0.05, 0.1) is 4.90 Å². The standard InChI is InChI=1S/C13H19F2NS/c1-9(2)4-6-17-13-11(14)7-10(3-5-16)8-12(13)15/h7-9H,3-6,16H2,1-2H3. The van der Waals surface area contributed by atoms with E-state index in [1.54, 1.807) is 0 Å². The van der Waals surface area contributed by atoms with E-state index in [-0.39, 0.29) is 4.90 Å². The van der Waals surface area contributed by atoms with Crippen molar-refractivity contribution in [2.24, 2.45) is 11.7 Å². The summed E-state index contributed by atoms with van der Waals surface area (Å²) >= 11 is 1.25. The largest absolute Gasteiger partial charge is 0.330 e. The van der Waals surface area contributed by atoms with Crippen molar-refractivity contribution in [2.75, 3.05) is 12.3 Å². The highest BCUT2D eigenvalue weighted by Crippen LogP contribution is 2.27. The maximum Gasteiger partial charge on any atom is 0.140 e. The van der Waals surface area contributed by atoms with E-state index in [0.29, 0.717) is 24.4 Å². The van der Waals surface area contributed by atoms with Gasteiger partial charge >= 0.3 is 0 Å². The van der Waals surface area contributed by atoms with Gasteiger partial charge in [-0.2, -0.15) is 0 Å². The molecule has 0 aliphatic carbocycles. The predicted octanol–water partition coefficient (Wildman–Crippen LogP) is 3.60. The molecule has 0 aliphatic rings. The smallest absolute Gasteiger partial charge is 0.140 e. The van der Waals surface area contributed by atoms with E-state index in [1.165, 1.54) is 23.9 Å². The molecule has 0 aliphatic heterocycles. The zero-order valence-corrected chi connectivity index (χ0v) is 11.1. The third-order valence-electron chi connectivity index (χ3n) is 2.43. The summed E-state index contributed by atoms with van der Waals surface area (Å²) in [5, 5.41) is 0. The fourth-order valence-corrected chi connectivity index (χ4v) is 2.64. The lowest BCUT2D eigenvalue weighted by Gasteiger charge is -2.08. The number of thioether (sulfide) groups is 1. The van der Waals surface area contributed by atoms with Gasteiger partial charge in [-0.1, -0.05) is 13.8 Å². The van der Waals surface area contributed by atoms with E-state index in [1.807, 2.05) is 0 Å². The second kappa shape index (κ2) is 6.97. The number of halogens is 2. The lowest BCUT2D eigenvalue weighted by Crippen LogP contribution is -2.04. The van der Waals surface area contributed by atoms with Crippen molar-refractivity contribution >= 4 is 11.8 Å². The molecule has 0 unspecified atom stereocenters. The fraction of sp³-hybridized carbons (Fsp3) is 0.538. The summed E-state index contributed by atoms with van der Waals surface area (Å²) < 4.78 is 27.3. The molecule has 0 bridgehead atoms. The van der Waals surface area contributed by atoms with Crippen LogP contribution < -0.4 is 5.73 Å². The number of nitrogens with two attached hydrogens (primary N) is 1. The summed E-state index contributed by atoms with van der Waals surface area (Å²) in [6.07, 6.45) is 1.46. The first-order valence-corrected chi connectivity index (χ1v) is 6.84. The van der Waals surface area contributed by atoms with E-state index in [4.69, 9.17) is 5.73 Å². The van der Waals surface area contributed by atoms with Crippen LogP contribution in [0.5, 0.6) is 0 Å². The van der Waals surface area contributed by atoms with Crippen LogP contribution in [0.25, 0.3) is 0 Å². The van der Waals surface area contributed by atoms with Gasteiger partial charge in [-0.3, -0.25) is 0 Å². The number of hydrogen-bond donors (Lipinski definition) is 1. The first-order chi connectivity index (χ1) is 8.04. The molecule has 17 heavy (non-hydrogen) atoms. The zero-order chi connectivity index (χ0) is 12.8. The van der Waals surface area contributed by atoms with Crippen molar-refractivity contribution in [3.63, 3.8) is 0 Å². The zero-order valence-electron chi connectivity index (χ0n) is 10.3. The molecule has 1 aromatic carbocycles. The van der Waals surface area contributed by atoms with Gasteiger partial charge in [0.2, 0.25) is 0 Å². The molecule has 0 saturated heterocycles. The number of hydrogen-bond acceptors (Lipinski definition) is 2. The Bertz CT molecular complexity index is 343. The van der Waals surface area contributed by atoms with Gasteiger partial charge < -0.3 is 5.73 Å². The average Bonchev–Trinajstić information content (AvgIpc) is 2.22. The van der Waals surface area contributed by atoms with Crippen LogP contribution in [0.3, 0.4) is 0 Å². The third-order valence-corrected chi connectivity index (χ3v) is 3.55. The summed E-state index contributed by atoms with van der Waals surface area (Å²) in [4.78, 5) is 0.131. The van der Waals surface area contributed by atoms with Gasteiger partial charge in [-0.25, -0.2) is 8.78 Å². The molecule has 4 heteroatoms. The van der Waals surface area contributed by atoms with Crippen molar-refractivity contribution in [2.45, 2.75) is 31.6 Å². The molecule has 0 atom stereocenters. The van der Waals surface area contributed by atoms with Crippen molar-refractivity contribution in [3.05, 3.63) is 29.3 Å². The van der Waals surface area contributed by atoms with Crippen LogP contribution >= 0.6 is 11.8 Å². The summed E-state index contributed by atoms with van der Waals surface area (Å²) in [5.41, 5.74) is 5.98. The molecule has 96 valence electrons.